The van der Waals surface area contributed by atoms with Crippen molar-refractivity contribution >= 4 is 23.0 Å². The Morgan fingerprint density at radius 1 is 1.33 bits per heavy atom. The highest BCUT2D eigenvalue weighted by Gasteiger charge is 2.09. The van der Waals surface area contributed by atoms with Crippen LogP contribution in [0.3, 0.4) is 0 Å². The molecule has 21 heavy (non-hydrogen) atoms. The number of aryl methyl sites for hydroxylation is 1. The molecule has 0 saturated heterocycles. The number of nitrogens with one attached hydrogen (secondary N) is 1. The molecule has 0 bridgehead atoms. The van der Waals surface area contributed by atoms with Gasteiger partial charge in [-0.2, -0.15) is 0 Å². The molecular formula is C14H12N4O3. The molecule has 0 aliphatic carbocycles. The summed E-state index contributed by atoms with van der Waals surface area (Å²) in [6.07, 6.45) is 3.26. The maximum absolute atomic E-state index is 11.9. The fourth-order valence-electron chi connectivity index (χ4n) is 2.00. The number of aromatic nitrogens is 3. The smallest absolute Gasteiger partial charge is 0.408 e. The van der Waals surface area contributed by atoms with Crippen LogP contribution in [-0.4, -0.2) is 20.4 Å². The molecule has 1 amide bonds. The molecule has 7 heteroatoms. The van der Waals surface area contributed by atoms with Crippen molar-refractivity contribution in [3.63, 3.8) is 0 Å². The number of benzene rings is 1. The first-order valence-electron chi connectivity index (χ1n) is 6.29. The number of hydrogen-bond donors (Lipinski definition) is 1. The van der Waals surface area contributed by atoms with Gasteiger partial charge in [0.2, 0.25) is 11.9 Å². The Morgan fingerprint density at radius 2 is 2.10 bits per heavy atom. The third-order valence-electron chi connectivity index (χ3n) is 3.04. The van der Waals surface area contributed by atoms with Gasteiger partial charge in [-0.3, -0.25) is 14.7 Å². The van der Waals surface area contributed by atoms with E-state index in [1.807, 2.05) is 0 Å². The first kappa shape index (κ1) is 13.0. The van der Waals surface area contributed by atoms with E-state index in [9.17, 15) is 9.59 Å². The van der Waals surface area contributed by atoms with Gasteiger partial charge >= 0.3 is 5.76 Å². The van der Waals surface area contributed by atoms with E-state index in [-0.39, 0.29) is 18.3 Å². The number of carbonyl (C=O) groups excluding carboxylic acids is 1. The number of anilines is 1. The summed E-state index contributed by atoms with van der Waals surface area (Å²) < 4.78 is 6.44. The van der Waals surface area contributed by atoms with Crippen LogP contribution in [0.2, 0.25) is 0 Å². The van der Waals surface area contributed by atoms with E-state index in [0.29, 0.717) is 11.1 Å². The Morgan fingerprint density at radius 3 is 2.86 bits per heavy atom. The van der Waals surface area contributed by atoms with Crippen molar-refractivity contribution in [1.82, 2.24) is 14.5 Å². The first-order valence-corrected chi connectivity index (χ1v) is 6.29. The van der Waals surface area contributed by atoms with Gasteiger partial charge in [0.25, 0.3) is 0 Å². The largest absolute Gasteiger partial charge is 0.419 e. The molecule has 3 aromatic rings. The second-order valence-electron chi connectivity index (χ2n) is 4.53. The highest BCUT2D eigenvalue weighted by atomic mass is 16.4. The third kappa shape index (κ3) is 2.66. The highest BCUT2D eigenvalue weighted by Crippen LogP contribution is 2.15. The fourth-order valence-corrected chi connectivity index (χ4v) is 2.00. The molecule has 2 heterocycles. The number of oxazole rings is 1. The highest BCUT2D eigenvalue weighted by molar-refractivity contribution is 5.91. The summed E-state index contributed by atoms with van der Waals surface area (Å²) in [5.74, 6) is -0.391. The second-order valence-corrected chi connectivity index (χ2v) is 4.53. The van der Waals surface area contributed by atoms with Crippen LogP contribution in [0.25, 0.3) is 11.1 Å². The van der Waals surface area contributed by atoms with Gasteiger partial charge < -0.3 is 4.42 Å². The number of carbonyl (C=O) groups is 1. The third-order valence-corrected chi connectivity index (χ3v) is 3.04. The van der Waals surface area contributed by atoms with Gasteiger partial charge in [0, 0.05) is 19.4 Å². The Balaban J connectivity index is 1.80. The zero-order valence-electron chi connectivity index (χ0n) is 11.2. The van der Waals surface area contributed by atoms with Gasteiger partial charge in [0.15, 0.2) is 5.58 Å². The van der Waals surface area contributed by atoms with Crippen molar-refractivity contribution in [2.75, 3.05) is 5.32 Å². The molecule has 106 valence electrons. The van der Waals surface area contributed by atoms with E-state index in [1.165, 1.54) is 4.57 Å². The molecule has 0 aliphatic rings. The zero-order chi connectivity index (χ0) is 14.8. The van der Waals surface area contributed by atoms with Crippen LogP contribution in [0.1, 0.15) is 5.56 Å². The van der Waals surface area contributed by atoms with Crippen molar-refractivity contribution in [3.05, 3.63) is 52.8 Å². The summed E-state index contributed by atoms with van der Waals surface area (Å²) >= 11 is 0. The predicted octanol–water partition coefficient (Wildman–Crippen LogP) is 1.10. The van der Waals surface area contributed by atoms with Gasteiger partial charge in [-0.1, -0.05) is 6.07 Å². The number of amides is 1. The predicted molar refractivity (Wildman–Crippen MR) is 75.8 cm³/mol. The molecule has 3 rings (SSSR count). The van der Waals surface area contributed by atoms with E-state index in [0.717, 1.165) is 5.56 Å². The zero-order valence-corrected chi connectivity index (χ0v) is 11.2. The van der Waals surface area contributed by atoms with Crippen molar-refractivity contribution in [3.8, 4) is 0 Å². The molecule has 0 radical (unpaired) electrons. The van der Waals surface area contributed by atoms with Gasteiger partial charge in [-0.15, -0.1) is 0 Å². The van der Waals surface area contributed by atoms with Crippen LogP contribution in [0.4, 0.5) is 5.95 Å². The standard InChI is InChI=1S/C14H12N4O3/c1-18-10-7-9(3-4-11(10)21-14(18)20)8-12(19)17-13-15-5-2-6-16-13/h2-7H,8H2,1H3,(H,15,16,17,19). The maximum atomic E-state index is 11.9. The average molecular weight is 284 g/mol. The molecule has 1 N–H and O–H groups in total. The summed E-state index contributed by atoms with van der Waals surface area (Å²) in [4.78, 5) is 31.2. The van der Waals surface area contributed by atoms with E-state index in [4.69, 9.17) is 4.42 Å². The van der Waals surface area contributed by atoms with Gasteiger partial charge in [-0.05, 0) is 23.8 Å². The van der Waals surface area contributed by atoms with Crippen molar-refractivity contribution < 1.29 is 9.21 Å². The lowest BCUT2D eigenvalue weighted by molar-refractivity contribution is -0.115. The van der Waals surface area contributed by atoms with E-state index < -0.39 is 5.76 Å². The normalized spacial score (nSPS) is 10.7. The molecule has 0 fully saturated rings. The van der Waals surface area contributed by atoms with Crippen LogP contribution in [0, 0.1) is 0 Å². The Labute approximate surface area is 119 Å². The molecule has 0 unspecified atom stereocenters. The minimum absolute atomic E-state index is 0.160. The van der Waals surface area contributed by atoms with Gasteiger partial charge in [0.1, 0.15) is 0 Å². The van der Waals surface area contributed by atoms with Crippen LogP contribution in [0.5, 0.6) is 0 Å². The van der Waals surface area contributed by atoms with Crippen LogP contribution >= 0.6 is 0 Å². The van der Waals surface area contributed by atoms with Gasteiger partial charge in [-0.25, -0.2) is 14.8 Å². The van der Waals surface area contributed by atoms with E-state index in [2.05, 4.69) is 15.3 Å². The second kappa shape index (κ2) is 5.20. The lowest BCUT2D eigenvalue weighted by Crippen LogP contribution is -2.16. The average Bonchev–Trinajstić information content (AvgIpc) is 2.75. The number of fused-ring (bicyclic) bond motifs is 1. The number of nitrogens with zero attached hydrogens (tertiary/aromatic N) is 3. The molecule has 7 nitrogen and oxygen atoms in total. The maximum Gasteiger partial charge on any atom is 0.419 e. The SMILES string of the molecule is Cn1c(=O)oc2ccc(CC(=O)Nc3ncccn3)cc21. The van der Waals surface area contributed by atoms with Crippen molar-refractivity contribution in [2.45, 2.75) is 6.42 Å². The Hall–Kier alpha value is -2.96. The van der Waals surface area contributed by atoms with Crippen molar-refractivity contribution in [1.29, 1.82) is 0 Å². The molecule has 0 aliphatic heterocycles. The minimum atomic E-state index is -0.427. The van der Waals surface area contributed by atoms with Crippen LogP contribution < -0.4 is 11.1 Å². The summed E-state index contributed by atoms with van der Waals surface area (Å²) in [5, 5.41) is 2.61. The van der Waals surface area contributed by atoms with Crippen LogP contribution in [0.15, 0.2) is 45.9 Å². The van der Waals surface area contributed by atoms with Crippen molar-refractivity contribution in [2.24, 2.45) is 7.05 Å². The van der Waals surface area contributed by atoms with Crippen LogP contribution in [-0.2, 0) is 18.3 Å². The molecule has 0 saturated carbocycles. The topological polar surface area (TPSA) is 90.0 Å². The summed E-state index contributed by atoms with van der Waals surface area (Å²) in [6, 6.07) is 6.85. The number of hydrogen-bond acceptors (Lipinski definition) is 5. The molecule has 0 atom stereocenters. The monoisotopic (exact) mass is 284 g/mol. The fraction of sp³-hybridized carbons (Fsp3) is 0.143. The lowest BCUT2D eigenvalue weighted by atomic mass is 10.1. The Kier molecular flexibility index (Phi) is 3.23. The quantitative estimate of drug-likeness (QED) is 0.778. The number of rotatable bonds is 3. The summed E-state index contributed by atoms with van der Waals surface area (Å²) in [5.41, 5.74) is 1.92. The molecule has 0 spiro atoms. The first-order chi connectivity index (χ1) is 10.1. The molecular weight excluding hydrogens is 272 g/mol. The van der Waals surface area contributed by atoms with E-state index in [1.54, 1.807) is 43.7 Å². The van der Waals surface area contributed by atoms with Gasteiger partial charge in [0.05, 0.1) is 11.9 Å². The molecule has 2 aromatic heterocycles. The summed E-state index contributed by atoms with van der Waals surface area (Å²) in [6.45, 7) is 0. The minimum Gasteiger partial charge on any atom is -0.408 e. The lowest BCUT2D eigenvalue weighted by Gasteiger charge is -2.03. The Bertz CT molecular complexity index is 852. The summed E-state index contributed by atoms with van der Waals surface area (Å²) in [7, 11) is 1.62. The van der Waals surface area contributed by atoms with E-state index >= 15 is 0 Å². The molecule has 1 aromatic carbocycles.